The molecule has 55 valence electrons. The number of unbranched alkanes of at least 4 members (excludes halogenated alkanes) is 1. The van der Waals surface area contributed by atoms with Crippen molar-refractivity contribution in [2.45, 2.75) is 46.0 Å². The van der Waals surface area contributed by atoms with Gasteiger partial charge in [-0.05, 0) is 5.92 Å². The molecular formula is C9H19. The fourth-order valence-corrected chi connectivity index (χ4v) is 1.05. The molecule has 0 nitrogen and oxygen atoms in total. The second-order valence-corrected chi connectivity index (χ2v) is 2.80. The van der Waals surface area contributed by atoms with Gasteiger partial charge in [0.1, 0.15) is 0 Å². The maximum Gasteiger partial charge on any atom is -0.0414 e. The van der Waals surface area contributed by atoms with Crippen LogP contribution in [0.5, 0.6) is 0 Å². The van der Waals surface area contributed by atoms with E-state index in [-0.39, 0.29) is 0 Å². The smallest absolute Gasteiger partial charge is 0.0414 e. The average Bonchev–Trinajstić information content (AvgIpc) is 1.85. The maximum atomic E-state index is 4.07. The maximum absolute atomic E-state index is 4.07. The highest BCUT2D eigenvalue weighted by Gasteiger charge is 1.97. The molecule has 0 bridgehead atoms. The molecule has 0 N–H and O–H groups in total. The van der Waals surface area contributed by atoms with Crippen molar-refractivity contribution in [3.63, 3.8) is 0 Å². The van der Waals surface area contributed by atoms with Crippen molar-refractivity contribution >= 4 is 0 Å². The Morgan fingerprint density at radius 2 is 1.78 bits per heavy atom. The lowest BCUT2D eigenvalue weighted by Gasteiger charge is -2.06. The minimum atomic E-state index is 0.718. The highest BCUT2D eigenvalue weighted by molar-refractivity contribution is 4.59. The molecule has 0 aromatic heterocycles. The van der Waals surface area contributed by atoms with Crippen LogP contribution in [-0.2, 0) is 0 Å². The zero-order chi connectivity index (χ0) is 7.11. The zero-order valence-corrected chi connectivity index (χ0v) is 6.82. The minimum absolute atomic E-state index is 0.718. The first-order valence-electron chi connectivity index (χ1n) is 4.14. The van der Waals surface area contributed by atoms with Gasteiger partial charge in [-0.1, -0.05) is 52.9 Å². The summed E-state index contributed by atoms with van der Waals surface area (Å²) in [7, 11) is 0. The van der Waals surface area contributed by atoms with E-state index in [1.54, 1.807) is 0 Å². The van der Waals surface area contributed by atoms with Crippen LogP contribution >= 0.6 is 0 Å². The van der Waals surface area contributed by atoms with E-state index in [9.17, 15) is 0 Å². The van der Waals surface area contributed by atoms with Crippen molar-refractivity contribution in [2.75, 3.05) is 0 Å². The van der Waals surface area contributed by atoms with E-state index in [1.807, 2.05) is 0 Å². The molecule has 0 aliphatic rings. The highest BCUT2D eigenvalue weighted by Crippen LogP contribution is 2.12. The summed E-state index contributed by atoms with van der Waals surface area (Å²) in [6.45, 7) is 8.53. The lowest BCUT2D eigenvalue weighted by atomic mass is 10.00. The summed E-state index contributed by atoms with van der Waals surface area (Å²) in [6.07, 6.45) is 6.59. The molecule has 0 saturated heterocycles. The summed E-state index contributed by atoms with van der Waals surface area (Å²) in [5.74, 6) is 0.718. The van der Waals surface area contributed by atoms with E-state index in [4.69, 9.17) is 0 Å². The van der Waals surface area contributed by atoms with Gasteiger partial charge in [0.15, 0.2) is 0 Å². The van der Waals surface area contributed by atoms with Crippen LogP contribution in [-0.4, -0.2) is 0 Å². The molecule has 1 unspecified atom stereocenters. The lowest BCUT2D eigenvalue weighted by molar-refractivity contribution is 0.509. The molecule has 0 heteroatoms. The topological polar surface area (TPSA) is 0 Å². The SMILES string of the molecule is [CH2]C(CCC)CCCC. The van der Waals surface area contributed by atoms with Crippen LogP contribution in [0.15, 0.2) is 0 Å². The fraction of sp³-hybridized carbons (Fsp3) is 0.889. The van der Waals surface area contributed by atoms with Crippen LogP contribution in [0, 0.1) is 12.8 Å². The lowest BCUT2D eigenvalue weighted by Crippen LogP contribution is -1.92. The molecule has 0 heterocycles. The largest absolute Gasteiger partial charge is 0.0654 e. The Balaban J connectivity index is 2.95. The molecule has 0 amide bonds. The van der Waals surface area contributed by atoms with Crippen LogP contribution in [0.4, 0.5) is 0 Å². The second kappa shape index (κ2) is 6.12. The Morgan fingerprint density at radius 1 is 1.11 bits per heavy atom. The molecule has 0 saturated carbocycles. The molecule has 0 aliphatic carbocycles. The monoisotopic (exact) mass is 127 g/mol. The van der Waals surface area contributed by atoms with Gasteiger partial charge < -0.3 is 0 Å². The molecule has 0 fully saturated rings. The van der Waals surface area contributed by atoms with E-state index in [2.05, 4.69) is 20.8 Å². The first-order valence-corrected chi connectivity index (χ1v) is 4.14. The molecule has 1 radical (unpaired) electrons. The van der Waals surface area contributed by atoms with Crippen LogP contribution in [0.3, 0.4) is 0 Å². The Morgan fingerprint density at radius 3 is 2.22 bits per heavy atom. The third-order valence-corrected chi connectivity index (χ3v) is 1.66. The van der Waals surface area contributed by atoms with Gasteiger partial charge in [-0.15, -0.1) is 0 Å². The number of hydrogen-bond donors (Lipinski definition) is 0. The molecule has 0 aromatic carbocycles. The molecule has 0 aliphatic heterocycles. The predicted molar refractivity (Wildman–Crippen MR) is 43.3 cm³/mol. The summed E-state index contributed by atoms with van der Waals surface area (Å²) >= 11 is 0. The van der Waals surface area contributed by atoms with Crippen molar-refractivity contribution < 1.29 is 0 Å². The van der Waals surface area contributed by atoms with Crippen molar-refractivity contribution in [3.05, 3.63) is 6.92 Å². The van der Waals surface area contributed by atoms with E-state index < -0.39 is 0 Å². The summed E-state index contributed by atoms with van der Waals surface area (Å²) in [6, 6.07) is 0. The Kier molecular flexibility index (Phi) is 6.12. The van der Waals surface area contributed by atoms with E-state index in [0.717, 1.165) is 5.92 Å². The van der Waals surface area contributed by atoms with Crippen molar-refractivity contribution in [1.82, 2.24) is 0 Å². The third kappa shape index (κ3) is 5.88. The van der Waals surface area contributed by atoms with Gasteiger partial charge in [0.05, 0.1) is 0 Å². The quantitative estimate of drug-likeness (QED) is 0.530. The van der Waals surface area contributed by atoms with E-state index in [0.29, 0.717) is 0 Å². The molecular weight excluding hydrogens is 108 g/mol. The van der Waals surface area contributed by atoms with E-state index >= 15 is 0 Å². The average molecular weight is 127 g/mol. The van der Waals surface area contributed by atoms with Crippen molar-refractivity contribution in [3.8, 4) is 0 Å². The first-order chi connectivity index (χ1) is 4.31. The molecule has 0 aromatic rings. The normalized spacial score (nSPS) is 13.7. The molecule has 0 spiro atoms. The summed E-state index contributed by atoms with van der Waals surface area (Å²) in [4.78, 5) is 0. The van der Waals surface area contributed by atoms with Gasteiger partial charge in [-0.25, -0.2) is 0 Å². The van der Waals surface area contributed by atoms with Crippen molar-refractivity contribution in [1.29, 1.82) is 0 Å². The van der Waals surface area contributed by atoms with Crippen LogP contribution in [0.1, 0.15) is 46.0 Å². The summed E-state index contributed by atoms with van der Waals surface area (Å²) < 4.78 is 0. The number of rotatable bonds is 5. The van der Waals surface area contributed by atoms with Gasteiger partial charge in [0, 0.05) is 0 Å². The Hall–Kier alpha value is 0. The minimum Gasteiger partial charge on any atom is -0.0654 e. The zero-order valence-electron chi connectivity index (χ0n) is 6.82. The van der Waals surface area contributed by atoms with E-state index in [1.165, 1.54) is 32.1 Å². The predicted octanol–water partition coefficient (Wildman–Crippen LogP) is 3.43. The summed E-state index contributed by atoms with van der Waals surface area (Å²) in [5, 5.41) is 0. The second-order valence-electron chi connectivity index (χ2n) is 2.80. The standard InChI is InChI=1S/C9H19/c1-4-6-8-9(3)7-5-2/h9H,3-8H2,1-2H3. The summed E-state index contributed by atoms with van der Waals surface area (Å²) in [5.41, 5.74) is 0. The molecule has 1 atom stereocenters. The van der Waals surface area contributed by atoms with Crippen molar-refractivity contribution in [2.24, 2.45) is 5.92 Å². The van der Waals surface area contributed by atoms with Gasteiger partial charge in [0.25, 0.3) is 0 Å². The Labute approximate surface area is 59.7 Å². The fourth-order valence-electron chi connectivity index (χ4n) is 1.05. The highest BCUT2D eigenvalue weighted by atomic mass is 14.0. The van der Waals surface area contributed by atoms with Crippen LogP contribution in [0.25, 0.3) is 0 Å². The van der Waals surface area contributed by atoms with Gasteiger partial charge in [-0.3, -0.25) is 0 Å². The van der Waals surface area contributed by atoms with Gasteiger partial charge in [0.2, 0.25) is 0 Å². The van der Waals surface area contributed by atoms with Gasteiger partial charge >= 0.3 is 0 Å². The molecule has 0 rings (SSSR count). The molecule has 9 heavy (non-hydrogen) atoms. The van der Waals surface area contributed by atoms with Crippen LogP contribution < -0.4 is 0 Å². The third-order valence-electron chi connectivity index (χ3n) is 1.66. The number of hydrogen-bond acceptors (Lipinski definition) is 0. The first kappa shape index (κ1) is 9.00. The van der Waals surface area contributed by atoms with Gasteiger partial charge in [-0.2, -0.15) is 0 Å². The Bertz CT molecular complexity index is 48.0. The van der Waals surface area contributed by atoms with Crippen LogP contribution in [0.2, 0.25) is 0 Å².